The van der Waals surface area contributed by atoms with Crippen LogP contribution in [0, 0.1) is 0 Å². The molecule has 0 spiro atoms. The lowest BCUT2D eigenvalue weighted by molar-refractivity contribution is -0.112. The van der Waals surface area contributed by atoms with Crippen molar-refractivity contribution in [2.24, 2.45) is 0 Å². The minimum Gasteiger partial charge on any atom is -0.508 e. The number of carbonyl (C=O) groups excluding carboxylic acids is 1. The number of nitrogens with one attached hydrogen (secondary N) is 1. The van der Waals surface area contributed by atoms with E-state index in [0.717, 1.165) is 0 Å². The number of benzene rings is 2. The minimum absolute atomic E-state index is 0.00691. The molecule has 0 bridgehead atoms. The van der Waals surface area contributed by atoms with Gasteiger partial charge in [-0.2, -0.15) is 0 Å². The van der Waals surface area contributed by atoms with E-state index in [4.69, 9.17) is 9.84 Å². The summed E-state index contributed by atoms with van der Waals surface area (Å²) in [6, 6.07) is 9.84. The highest BCUT2D eigenvalue weighted by Gasteiger charge is 2.20. The van der Waals surface area contributed by atoms with Gasteiger partial charge in [-0.25, -0.2) is 0 Å². The van der Waals surface area contributed by atoms with Gasteiger partial charge in [0.25, 0.3) is 0 Å². The Bertz CT molecular complexity index is 857. The van der Waals surface area contributed by atoms with Gasteiger partial charge in [-0.15, -0.1) is 0 Å². The Morgan fingerprint density at radius 3 is 2.11 bits per heavy atom. The van der Waals surface area contributed by atoms with Crippen molar-refractivity contribution in [1.82, 2.24) is 5.32 Å². The largest absolute Gasteiger partial charge is 0.508 e. The van der Waals surface area contributed by atoms with E-state index >= 15 is 0 Å². The number of ether oxygens (including phenoxy) is 1. The number of carbonyl (C=O) groups is 1. The standard InChI is InChI=1S/C21H21NO5/c1-27-20-5-3-14(9-19(20)25)7-17-11-22-10-16(21(17)26)6-13-2-4-15(12-23)18(24)8-13/h2-9,22-25H,10-12H2,1H3/b16-6+,17-7+. The Labute approximate surface area is 157 Å². The van der Waals surface area contributed by atoms with E-state index in [0.29, 0.717) is 46.7 Å². The number of aromatic hydroxyl groups is 2. The summed E-state index contributed by atoms with van der Waals surface area (Å²) in [5, 5.41) is 32.1. The van der Waals surface area contributed by atoms with Gasteiger partial charge in [0, 0.05) is 29.8 Å². The third-order valence-corrected chi connectivity index (χ3v) is 4.38. The zero-order valence-corrected chi connectivity index (χ0v) is 14.9. The zero-order valence-electron chi connectivity index (χ0n) is 14.9. The Kier molecular flexibility index (Phi) is 5.59. The van der Waals surface area contributed by atoms with Crippen LogP contribution in [0.3, 0.4) is 0 Å². The molecule has 0 unspecified atom stereocenters. The minimum atomic E-state index is -0.245. The third-order valence-electron chi connectivity index (χ3n) is 4.38. The molecule has 27 heavy (non-hydrogen) atoms. The van der Waals surface area contributed by atoms with Gasteiger partial charge in [0.05, 0.1) is 13.7 Å². The Balaban J connectivity index is 1.87. The number of hydrogen-bond donors (Lipinski definition) is 4. The summed E-state index contributed by atoms with van der Waals surface area (Å²) in [5.41, 5.74) is 2.96. The molecule has 1 saturated heterocycles. The van der Waals surface area contributed by atoms with Crippen molar-refractivity contribution in [2.75, 3.05) is 20.2 Å². The molecule has 2 aromatic carbocycles. The van der Waals surface area contributed by atoms with Crippen molar-refractivity contribution in [3.63, 3.8) is 0 Å². The average molecular weight is 367 g/mol. The smallest absolute Gasteiger partial charge is 0.187 e. The molecule has 1 fully saturated rings. The lowest BCUT2D eigenvalue weighted by Gasteiger charge is -2.18. The van der Waals surface area contributed by atoms with Crippen LogP contribution in [-0.4, -0.2) is 41.3 Å². The molecule has 1 aliphatic heterocycles. The summed E-state index contributed by atoms with van der Waals surface area (Å²) < 4.78 is 5.03. The number of hydrogen-bond acceptors (Lipinski definition) is 6. The van der Waals surface area contributed by atoms with E-state index in [2.05, 4.69) is 5.32 Å². The summed E-state index contributed by atoms with van der Waals surface area (Å²) in [6.45, 7) is 0.606. The highest BCUT2D eigenvalue weighted by Crippen LogP contribution is 2.28. The van der Waals surface area contributed by atoms with E-state index in [9.17, 15) is 15.0 Å². The topological polar surface area (TPSA) is 99.0 Å². The number of aliphatic hydroxyl groups is 1. The molecular weight excluding hydrogens is 346 g/mol. The number of phenolic OH excluding ortho intramolecular Hbond substituents is 1. The molecular formula is C21H21NO5. The van der Waals surface area contributed by atoms with Crippen molar-refractivity contribution in [3.8, 4) is 17.2 Å². The quantitative estimate of drug-likeness (QED) is 0.619. The van der Waals surface area contributed by atoms with E-state index in [-0.39, 0.29) is 23.9 Å². The van der Waals surface area contributed by atoms with E-state index in [1.165, 1.54) is 13.2 Å². The van der Waals surface area contributed by atoms with Gasteiger partial charge in [0.1, 0.15) is 5.75 Å². The van der Waals surface area contributed by atoms with Gasteiger partial charge in [0.15, 0.2) is 17.3 Å². The van der Waals surface area contributed by atoms with Gasteiger partial charge in [-0.1, -0.05) is 18.2 Å². The monoisotopic (exact) mass is 367 g/mol. The van der Waals surface area contributed by atoms with Gasteiger partial charge in [-0.05, 0) is 41.5 Å². The first kappa shape index (κ1) is 18.7. The Morgan fingerprint density at radius 1 is 1.00 bits per heavy atom. The van der Waals surface area contributed by atoms with Crippen molar-refractivity contribution >= 4 is 17.9 Å². The molecule has 6 nitrogen and oxygen atoms in total. The fraction of sp³-hybridized carbons (Fsp3) is 0.190. The number of ketones is 1. The average Bonchev–Trinajstić information content (AvgIpc) is 2.65. The van der Waals surface area contributed by atoms with Gasteiger partial charge in [0.2, 0.25) is 0 Å². The highest BCUT2D eigenvalue weighted by atomic mass is 16.5. The number of phenols is 2. The summed E-state index contributed by atoms with van der Waals surface area (Å²) in [5.74, 6) is 0.289. The molecule has 0 atom stereocenters. The Hall–Kier alpha value is -3.09. The summed E-state index contributed by atoms with van der Waals surface area (Å²) in [4.78, 5) is 12.8. The maximum atomic E-state index is 12.8. The lowest BCUT2D eigenvalue weighted by Crippen LogP contribution is -2.32. The molecule has 6 heteroatoms. The second-order valence-electron chi connectivity index (χ2n) is 6.25. The van der Waals surface area contributed by atoms with Crippen molar-refractivity contribution < 1.29 is 24.9 Å². The molecule has 0 amide bonds. The van der Waals surface area contributed by atoms with E-state index in [1.54, 1.807) is 42.5 Å². The number of methoxy groups -OCH3 is 1. The molecule has 0 radical (unpaired) electrons. The summed E-state index contributed by atoms with van der Waals surface area (Å²) in [6.07, 6.45) is 3.45. The fourth-order valence-electron chi connectivity index (χ4n) is 2.94. The molecule has 2 aromatic rings. The molecule has 140 valence electrons. The predicted octanol–water partition coefficient (Wildman–Crippen LogP) is 2.24. The van der Waals surface area contributed by atoms with Crippen LogP contribution in [0.5, 0.6) is 17.2 Å². The van der Waals surface area contributed by atoms with Crippen LogP contribution in [-0.2, 0) is 11.4 Å². The third kappa shape index (κ3) is 4.19. The van der Waals surface area contributed by atoms with Gasteiger partial charge >= 0.3 is 0 Å². The van der Waals surface area contributed by atoms with Crippen LogP contribution >= 0.6 is 0 Å². The molecule has 3 rings (SSSR count). The van der Waals surface area contributed by atoms with E-state index in [1.807, 2.05) is 0 Å². The van der Waals surface area contributed by atoms with Crippen LogP contribution in [0.2, 0.25) is 0 Å². The molecule has 1 heterocycles. The maximum Gasteiger partial charge on any atom is 0.187 e. The van der Waals surface area contributed by atoms with Gasteiger partial charge in [-0.3, -0.25) is 4.79 Å². The normalized spacial score (nSPS) is 17.5. The number of Topliss-reactive ketones (excluding diaryl/α,β-unsaturated/α-hetero) is 1. The molecule has 4 N–H and O–H groups in total. The molecule has 0 saturated carbocycles. The zero-order chi connectivity index (χ0) is 19.4. The first-order valence-corrected chi connectivity index (χ1v) is 8.48. The predicted molar refractivity (Wildman–Crippen MR) is 103 cm³/mol. The first-order valence-electron chi connectivity index (χ1n) is 8.48. The molecule has 1 aliphatic rings. The second-order valence-corrected chi connectivity index (χ2v) is 6.25. The highest BCUT2D eigenvalue weighted by molar-refractivity contribution is 6.14. The van der Waals surface area contributed by atoms with E-state index < -0.39 is 0 Å². The number of piperidine rings is 1. The summed E-state index contributed by atoms with van der Waals surface area (Å²) >= 11 is 0. The molecule has 0 aromatic heterocycles. The van der Waals surface area contributed by atoms with Crippen molar-refractivity contribution in [3.05, 3.63) is 64.2 Å². The summed E-state index contributed by atoms with van der Waals surface area (Å²) in [7, 11) is 1.48. The SMILES string of the molecule is COc1ccc(/C=C2\CNC/C(=C\c3ccc(CO)c(O)c3)C2=O)cc1O. The van der Waals surface area contributed by atoms with Crippen LogP contribution in [0.25, 0.3) is 12.2 Å². The maximum absolute atomic E-state index is 12.8. The number of aliphatic hydroxyl groups excluding tert-OH is 1. The van der Waals surface area contributed by atoms with Crippen molar-refractivity contribution in [2.45, 2.75) is 6.61 Å². The van der Waals surface area contributed by atoms with Crippen LogP contribution in [0.4, 0.5) is 0 Å². The second kappa shape index (κ2) is 8.07. The van der Waals surface area contributed by atoms with Crippen LogP contribution in [0.15, 0.2) is 47.5 Å². The van der Waals surface area contributed by atoms with Gasteiger partial charge < -0.3 is 25.4 Å². The van der Waals surface area contributed by atoms with Crippen LogP contribution in [0.1, 0.15) is 16.7 Å². The lowest BCUT2D eigenvalue weighted by atomic mass is 9.95. The fourth-order valence-corrected chi connectivity index (χ4v) is 2.94. The Morgan fingerprint density at radius 2 is 1.59 bits per heavy atom. The van der Waals surface area contributed by atoms with Crippen LogP contribution < -0.4 is 10.1 Å². The first-order chi connectivity index (χ1) is 13.0. The van der Waals surface area contributed by atoms with Crippen molar-refractivity contribution in [1.29, 1.82) is 0 Å². The number of rotatable bonds is 4. The molecule has 0 aliphatic carbocycles.